The maximum atomic E-state index is 6.22. The average Bonchev–Trinajstić information content (AvgIpc) is 3.23. The molecule has 2 aromatic heterocycles. The molecule has 146 valence electrons. The van der Waals surface area contributed by atoms with Crippen molar-refractivity contribution in [3.05, 3.63) is 47.5 Å². The van der Waals surface area contributed by atoms with Crippen molar-refractivity contribution in [1.29, 1.82) is 0 Å². The van der Waals surface area contributed by atoms with Gasteiger partial charge in [-0.1, -0.05) is 13.8 Å². The fraction of sp³-hybridized carbons (Fsp3) is 0.368. The van der Waals surface area contributed by atoms with E-state index in [0.717, 1.165) is 40.1 Å². The summed E-state index contributed by atoms with van der Waals surface area (Å²) in [6, 6.07) is 5.94. The maximum absolute atomic E-state index is 6.22. The van der Waals surface area contributed by atoms with Crippen LogP contribution >= 0.6 is 23.7 Å². The number of anilines is 2. The van der Waals surface area contributed by atoms with E-state index in [4.69, 9.17) is 10.5 Å². The van der Waals surface area contributed by atoms with Crippen molar-refractivity contribution in [3.8, 4) is 11.4 Å². The van der Waals surface area contributed by atoms with Gasteiger partial charge in [-0.05, 0) is 31.4 Å². The largest absolute Gasteiger partial charge is 0.494 e. The smallest absolute Gasteiger partial charge is 0.187 e. The van der Waals surface area contributed by atoms with Crippen LogP contribution in [0.2, 0.25) is 0 Å². The molecular formula is C19H26ClN5OS. The van der Waals surface area contributed by atoms with Crippen LogP contribution in [-0.2, 0) is 0 Å². The Morgan fingerprint density at radius 2 is 2.11 bits per heavy atom. The number of hydrogen-bond donors (Lipinski definition) is 2. The number of benzene rings is 1. The lowest BCUT2D eigenvalue weighted by Gasteiger charge is -2.12. The molecule has 6 nitrogen and oxygen atoms in total. The number of aromatic nitrogens is 3. The first kappa shape index (κ1) is 21.2. The molecule has 0 spiro atoms. The molecule has 0 unspecified atom stereocenters. The van der Waals surface area contributed by atoms with Crippen molar-refractivity contribution in [2.75, 3.05) is 12.4 Å². The van der Waals surface area contributed by atoms with E-state index in [2.05, 4.69) is 29.1 Å². The first-order chi connectivity index (χ1) is 12.5. The Bertz CT molecular complexity index is 877. The van der Waals surface area contributed by atoms with Gasteiger partial charge in [0.1, 0.15) is 5.75 Å². The Labute approximate surface area is 170 Å². The van der Waals surface area contributed by atoms with Crippen LogP contribution < -0.4 is 15.8 Å². The summed E-state index contributed by atoms with van der Waals surface area (Å²) in [5, 5.41) is 6.19. The van der Waals surface area contributed by atoms with Gasteiger partial charge in [0, 0.05) is 29.4 Å². The van der Waals surface area contributed by atoms with Crippen LogP contribution in [0.5, 0.6) is 5.75 Å². The van der Waals surface area contributed by atoms with Gasteiger partial charge in [-0.25, -0.2) is 9.97 Å². The van der Waals surface area contributed by atoms with Crippen molar-refractivity contribution < 1.29 is 4.74 Å². The number of aryl methyl sites for hydroxylation is 1. The molecule has 1 atom stereocenters. The highest BCUT2D eigenvalue weighted by atomic mass is 35.5. The van der Waals surface area contributed by atoms with Crippen molar-refractivity contribution in [3.63, 3.8) is 0 Å². The number of methoxy groups -OCH3 is 1. The Balaban J connectivity index is 0.00000261. The minimum Gasteiger partial charge on any atom is -0.494 e. The van der Waals surface area contributed by atoms with Gasteiger partial charge in [0.2, 0.25) is 0 Å². The van der Waals surface area contributed by atoms with Gasteiger partial charge in [-0.15, -0.1) is 23.7 Å². The van der Waals surface area contributed by atoms with Crippen LogP contribution in [0.4, 0.5) is 10.8 Å². The summed E-state index contributed by atoms with van der Waals surface area (Å²) in [5.74, 6) is 1.31. The summed E-state index contributed by atoms with van der Waals surface area (Å²) in [6.45, 7) is 6.30. The zero-order valence-corrected chi connectivity index (χ0v) is 17.6. The predicted octanol–water partition coefficient (Wildman–Crippen LogP) is 4.86. The molecular weight excluding hydrogens is 382 g/mol. The number of nitrogens with zero attached hydrogens (tertiary/aromatic N) is 3. The average molecular weight is 408 g/mol. The van der Waals surface area contributed by atoms with E-state index in [0.29, 0.717) is 5.92 Å². The quantitative estimate of drug-likeness (QED) is 0.584. The molecule has 0 fully saturated rings. The fourth-order valence-electron chi connectivity index (χ4n) is 2.79. The molecule has 0 aliphatic heterocycles. The number of nitrogens with one attached hydrogen (secondary N) is 1. The molecule has 0 amide bonds. The van der Waals surface area contributed by atoms with Crippen LogP contribution in [-0.4, -0.2) is 21.6 Å². The van der Waals surface area contributed by atoms with Crippen LogP contribution in [0.1, 0.15) is 37.7 Å². The summed E-state index contributed by atoms with van der Waals surface area (Å²) in [4.78, 5) is 8.89. The second-order valence-corrected chi connectivity index (χ2v) is 7.61. The van der Waals surface area contributed by atoms with E-state index >= 15 is 0 Å². The summed E-state index contributed by atoms with van der Waals surface area (Å²) >= 11 is 1.56. The van der Waals surface area contributed by atoms with Crippen molar-refractivity contribution in [2.24, 2.45) is 11.7 Å². The Morgan fingerprint density at radius 3 is 2.74 bits per heavy atom. The van der Waals surface area contributed by atoms with Crippen molar-refractivity contribution in [1.82, 2.24) is 14.5 Å². The third-order valence-corrected chi connectivity index (χ3v) is 4.82. The van der Waals surface area contributed by atoms with E-state index in [-0.39, 0.29) is 18.4 Å². The second-order valence-electron chi connectivity index (χ2n) is 6.75. The van der Waals surface area contributed by atoms with Crippen LogP contribution in [0.15, 0.2) is 36.1 Å². The first-order valence-corrected chi connectivity index (χ1v) is 9.51. The Hall–Kier alpha value is -2.09. The molecule has 0 aliphatic carbocycles. The minimum atomic E-state index is -0.0248. The SMILES string of the molecule is COc1cc(Nc2nc([C@@H](N)CC(C)C)cs2)ccc1-n1cnc(C)c1.Cl. The first-order valence-electron chi connectivity index (χ1n) is 8.63. The molecule has 27 heavy (non-hydrogen) atoms. The lowest BCUT2D eigenvalue weighted by molar-refractivity contribution is 0.413. The van der Waals surface area contributed by atoms with E-state index in [9.17, 15) is 0 Å². The molecule has 1 aromatic carbocycles. The van der Waals surface area contributed by atoms with Crippen LogP contribution in [0.25, 0.3) is 5.69 Å². The molecule has 0 saturated heterocycles. The number of rotatable bonds is 7. The molecule has 3 aromatic rings. The third-order valence-electron chi connectivity index (χ3n) is 4.05. The number of imidazole rings is 1. The minimum absolute atomic E-state index is 0. The summed E-state index contributed by atoms with van der Waals surface area (Å²) in [5.41, 5.74) is 9.98. The maximum Gasteiger partial charge on any atom is 0.187 e. The second kappa shape index (κ2) is 9.21. The van der Waals surface area contributed by atoms with E-state index in [1.54, 1.807) is 24.8 Å². The van der Waals surface area contributed by atoms with Crippen molar-refractivity contribution in [2.45, 2.75) is 33.2 Å². The molecule has 8 heteroatoms. The zero-order chi connectivity index (χ0) is 18.7. The summed E-state index contributed by atoms with van der Waals surface area (Å²) in [6.07, 6.45) is 4.67. The van der Waals surface area contributed by atoms with Gasteiger partial charge in [0.05, 0.1) is 30.5 Å². The molecule has 0 bridgehead atoms. The van der Waals surface area contributed by atoms with Gasteiger partial charge in [0.25, 0.3) is 0 Å². The van der Waals surface area contributed by atoms with Gasteiger partial charge < -0.3 is 20.4 Å². The standard InChI is InChI=1S/C19H25N5OS.ClH/c1-12(2)7-15(20)16-10-26-19(23-16)22-14-5-6-17(18(8-14)25-4)24-9-13(3)21-11-24;/h5-6,8-12,15H,7,20H2,1-4H3,(H,22,23);1H/t15-;/m0./s1. The predicted molar refractivity (Wildman–Crippen MR) is 114 cm³/mol. The number of ether oxygens (including phenoxy) is 1. The Morgan fingerprint density at radius 1 is 1.33 bits per heavy atom. The van der Waals surface area contributed by atoms with Crippen LogP contribution in [0.3, 0.4) is 0 Å². The summed E-state index contributed by atoms with van der Waals surface area (Å²) in [7, 11) is 1.67. The number of nitrogens with two attached hydrogens (primary N) is 1. The molecule has 3 rings (SSSR count). The summed E-state index contributed by atoms with van der Waals surface area (Å²) < 4.78 is 7.50. The lowest BCUT2D eigenvalue weighted by atomic mass is 10.0. The van der Waals surface area contributed by atoms with Gasteiger partial charge in [-0.3, -0.25) is 0 Å². The van der Waals surface area contributed by atoms with E-state index < -0.39 is 0 Å². The van der Waals surface area contributed by atoms with Crippen LogP contribution in [0, 0.1) is 12.8 Å². The fourth-order valence-corrected chi connectivity index (χ4v) is 3.58. The topological polar surface area (TPSA) is 78.0 Å². The highest BCUT2D eigenvalue weighted by Gasteiger charge is 2.13. The lowest BCUT2D eigenvalue weighted by Crippen LogP contribution is -2.13. The number of halogens is 1. The van der Waals surface area contributed by atoms with Crippen molar-refractivity contribution >= 4 is 34.6 Å². The molecule has 0 saturated carbocycles. The third kappa shape index (κ3) is 5.22. The number of hydrogen-bond acceptors (Lipinski definition) is 6. The van der Waals surface area contributed by atoms with Gasteiger partial charge >= 0.3 is 0 Å². The highest BCUT2D eigenvalue weighted by molar-refractivity contribution is 7.13. The monoisotopic (exact) mass is 407 g/mol. The van der Waals surface area contributed by atoms with E-state index in [1.165, 1.54) is 0 Å². The molecule has 3 N–H and O–H groups in total. The molecule has 0 aliphatic rings. The van der Waals surface area contributed by atoms with Gasteiger partial charge in [-0.2, -0.15) is 0 Å². The van der Waals surface area contributed by atoms with E-state index in [1.807, 2.05) is 41.3 Å². The zero-order valence-electron chi connectivity index (χ0n) is 16.0. The highest BCUT2D eigenvalue weighted by Crippen LogP contribution is 2.30. The normalized spacial score (nSPS) is 11.9. The van der Waals surface area contributed by atoms with Gasteiger partial charge in [0.15, 0.2) is 5.13 Å². The Kier molecular flexibility index (Phi) is 7.24. The molecule has 0 radical (unpaired) electrons. The molecule has 2 heterocycles. The number of thiazole rings is 1.